The summed E-state index contributed by atoms with van der Waals surface area (Å²) in [5.41, 5.74) is 1.55. The van der Waals surface area contributed by atoms with Gasteiger partial charge < -0.3 is 10.2 Å². The molecule has 1 N–H and O–H groups in total. The smallest absolute Gasteiger partial charge is 0.236 e. The largest absolute Gasteiger partial charge is 0.339 e. The van der Waals surface area contributed by atoms with Crippen molar-refractivity contribution in [1.29, 1.82) is 0 Å². The zero-order valence-electron chi connectivity index (χ0n) is 12.3. The zero-order chi connectivity index (χ0) is 15.4. The summed E-state index contributed by atoms with van der Waals surface area (Å²) in [6.45, 7) is 5.94. The molecule has 0 aliphatic carbocycles. The predicted molar refractivity (Wildman–Crippen MR) is 84.8 cm³/mol. The summed E-state index contributed by atoms with van der Waals surface area (Å²) in [5, 5.41) is 4.23. The molecular weight excluding hydrogens is 311 g/mol. The highest BCUT2D eigenvalue weighted by molar-refractivity contribution is 6.35. The number of halogens is 2. The summed E-state index contributed by atoms with van der Waals surface area (Å²) in [4.78, 5) is 20.2. The zero-order valence-corrected chi connectivity index (χ0v) is 13.8. The molecule has 0 aromatic carbocycles. The van der Waals surface area contributed by atoms with E-state index < -0.39 is 0 Å². The first-order valence-electron chi connectivity index (χ1n) is 6.96. The van der Waals surface area contributed by atoms with Gasteiger partial charge in [-0.25, -0.2) is 4.98 Å². The average molecular weight is 331 g/mol. The number of nitrogens with one attached hydrogen (secondary N) is 1. The summed E-state index contributed by atoms with van der Waals surface area (Å²) in [6.07, 6.45) is 0. The van der Waals surface area contributed by atoms with Crippen LogP contribution in [0.25, 0.3) is 0 Å². The van der Waals surface area contributed by atoms with Crippen molar-refractivity contribution in [2.75, 3.05) is 39.8 Å². The van der Waals surface area contributed by atoms with Crippen LogP contribution in [-0.4, -0.2) is 60.5 Å². The Hall–Kier alpha value is -0.880. The molecule has 1 aromatic rings. The van der Waals surface area contributed by atoms with Gasteiger partial charge >= 0.3 is 0 Å². The van der Waals surface area contributed by atoms with E-state index in [-0.39, 0.29) is 5.91 Å². The van der Waals surface area contributed by atoms with Crippen LogP contribution in [0.15, 0.2) is 6.07 Å². The highest BCUT2D eigenvalue weighted by Gasteiger charge is 2.19. The van der Waals surface area contributed by atoms with Crippen LogP contribution in [0.5, 0.6) is 0 Å². The molecule has 7 heteroatoms. The molecule has 0 unspecified atom stereocenters. The Morgan fingerprint density at radius 1 is 1.43 bits per heavy atom. The molecule has 21 heavy (non-hydrogen) atoms. The van der Waals surface area contributed by atoms with Crippen molar-refractivity contribution in [3.8, 4) is 0 Å². The maximum atomic E-state index is 12.2. The van der Waals surface area contributed by atoms with Crippen molar-refractivity contribution in [3.63, 3.8) is 0 Å². The monoisotopic (exact) mass is 330 g/mol. The minimum Gasteiger partial charge on any atom is -0.339 e. The van der Waals surface area contributed by atoms with Crippen LogP contribution in [0, 0.1) is 6.92 Å². The van der Waals surface area contributed by atoms with Crippen LogP contribution in [0.1, 0.15) is 11.3 Å². The lowest BCUT2D eigenvalue weighted by molar-refractivity contribution is -0.132. The Bertz CT molecular complexity index is 495. The molecule has 0 spiro atoms. The van der Waals surface area contributed by atoms with Crippen LogP contribution in [0.4, 0.5) is 0 Å². The van der Waals surface area contributed by atoms with Gasteiger partial charge in [-0.1, -0.05) is 23.2 Å². The van der Waals surface area contributed by atoms with Crippen LogP contribution < -0.4 is 5.32 Å². The van der Waals surface area contributed by atoms with Gasteiger partial charge in [-0.05, 0) is 20.0 Å². The van der Waals surface area contributed by atoms with Crippen LogP contribution in [0.3, 0.4) is 0 Å². The summed E-state index contributed by atoms with van der Waals surface area (Å²) in [7, 11) is 1.88. The SMILES string of the molecule is Cc1cc(Cl)c(CN(C)CC(=O)N2CCNCC2)c(Cl)n1. The van der Waals surface area contributed by atoms with Gasteiger partial charge in [0.25, 0.3) is 0 Å². The molecule has 1 aromatic heterocycles. The van der Waals surface area contributed by atoms with E-state index in [4.69, 9.17) is 23.2 Å². The number of carbonyl (C=O) groups excluding carboxylic acids is 1. The van der Waals surface area contributed by atoms with Gasteiger partial charge in [0.2, 0.25) is 5.91 Å². The number of aryl methyl sites for hydroxylation is 1. The van der Waals surface area contributed by atoms with Crippen molar-refractivity contribution in [3.05, 3.63) is 27.5 Å². The third-order valence-corrected chi connectivity index (χ3v) is 4.10. The highest BCUT2D eigenvalue weighted by Crippen LogP contribution is 2.24. The standard InChI is InChI=1S/C14H20Cl2N4O/c1-10-7-12(15)11(14(16)18-10)8-19(2)9-13(21)20-5-3-17-4-6-20/h7,17H,3-6,8-9H2,1-2H3. The van der Waals surface area contributed by atoms with Crippen molar-refractivity contribution < 1.29 is 4.79 Å². The number of likely N-dealkylation sites (N-methyl/N-ethyl adjacent to an activating group) is 1. The second-order valence-electron chi connectivity index (χ2n) is 5.32. The van der Waals surface area contributed by atoms with E-state index in [1.807, 2.05) is 23.8 Å². The molecule has 0 radical (unpaired) electrons. The summed E-state index contributed by atoms with van der Waals surface area (Å²) in [6, 6.07) is 1.79. The Morgan fingerprint density at radius 2 is 2.10 bits per heavy atom. The number of aromatic nitrogens is 1. The van der Waals surface area contributed by atoms with Crippen molar-refractivity contribution in [2.24, 2.45) is 0 Å². The van der Waals surface area contributed by atoms with E-state index in [1.165, 1.54) is 0 Å². The van der Waals surface area contributed by atoms with E-state index >= 15 is 0 Å². The Labute approximate surface area is 135 Å². The molecule has 0 saturated carbocycles. The number of pyridine rings is 1. The van der Waals surface area contributed by atoms with Crippen molar-refractivity contribution in [1.82, 2.24) is 20.1 Å². The third kappa shape index (κ3) is 4.54. The van der Waals surface area contributed by atoms with Gasteiger partial charge in [0.1, 0.15) is 5.15 Å². The molecule has 2 heterocycles. The normalized spacial score (nSPS) is 15.6. The third-order valence-electron chi connectivity index (χ3n) is 3.45. The predicted octanol–water partition coefficient (Wildman–Crippen LogP) is 1.56. The maximum absolute atomic E-state index is 12.2. The second-order valence-corrected chi connectivity index (χ2v) is 6.08. The van der Waals surface area contributed by atoms with E-state index in [0.717, 1.165) is 37.4 Å². The topological polar surface area (TPSA) is 48.5 Å². The van der Waals surface area contributed by atoms with Crippen molar-refractivity contribution >= 4 is 29.1 Å². The van der Waals surface area contributed by atoms with E-state index in [2.05, 4.69) is 10.3 Å². The molecule has 1 aliphatic heterocycles. The van der Waals surface area contributed by atoms with E-state index in [1.54, 1.807) is 6.07 Å². The van der Waals surface area contributed by atoms with Crippen LogP contribution in [-0.2, 0) is 11.3 Å². The Kier molecular flexibility index (Phi) is 5.81. The van der Waals surface area contributed by atoms with Gasteiger partial charge in [-0.2, -0.15) is 0 Å². The number of carbonyl (C=O) groups is 1. The van der Waals surface area contributed by atoms with Gasteiger partial charge in [-0.15, -0.1) is 0 Å². The second kappa shape index (κ2) is 7.40. The fraction of sp³-hybridized carbons (Fsp3) is 0.571. The van der Waals surface area contributed by atoms with Gasteiger partial charge in [0.15, 0.2) is 0 Å². The molecular formula is C14H20Cl2N4O. The number of piperazine rings is 1. The molecule has 1 aliphatic rings. The molecule has 0 atom stereocenters. The Morgan fingerprint density at radius 3 is 2.71 bits per heavy atom. The maximum Gasteiger partial charge on any atom is 0.236 e. The fourth-order valence-corrected chi connectivity index (χ4v) is 2.99. The van der Waals surface area contributed by atoms with Gasteiger partial charge in [0.05, 0.1) is 6.54 Å². The fourth-order valence-electron chi connectivity index (χ4n) is 2.34. The highest BCUT2D eigenvalue weighted by atomic mass is 35.5. The number of hydrogen-bond acceptors (Lipinski definition) is 4. The first-order chi connectivity index (χ1) is 9.97. The molecule has 5 nitrogen and oxygen atoms in total. The summed E-state index contributed by atoms with van der Waals surface area (Å²) >= 11 is 12.3. The molecule has 0 bridgehead atoms. The molecule has 116 valence electrons. The summed E-state index contributed by atoms with van der Waals surface area (Å²) in [5.74, 6) is 0.131. The molecule has 2 rings (SSSR count). The van der Waals surface area contributed by atoms with Crippen molar-refractivity contribution in [2.45, 2.75) is 13.5 Å². The molecule has 1 amide bonds. The Balaban J connectivity index is 1.95. The first kappa shape index (κ1) is 16.5. The van der Waals surface area contributed by atoms with Crippen LogP contribution >= 0.6 is 23.2 Å². The van der Waals surface area contributed by atoms with Crippen LogP contribution in [0.2, 0.25) is 10.2 Å². The first-order valence-corrected chi connectivity index (χ1v) is 7.71. The van der Waals surface area contributed by atoms with E-state index in [0.29, 0.717) is 23.3 Å². The quantitative estimate of drug-likeness (QED) is 0.851. The lowest BCUT2D eigenvalue weighted by atomic mass is 10.2. The summed E-state index contributed by atoms with van der Waals surface area (Å²) < 4.78 is 0. The van der Waals surface area contributed by atoms with E-state index in [9.17, 15) is 4.79 Å². The van der Waals surface area contributed by atoms with Gasteiger partial charge in [-0.3, -0.25) is 9.69 Å². The number of nitrogens with zero attached hydrogens (tertiary/aromatic N) is 3. The number of hydrogen-bond donors (Lipinski definition) is 1. The average Bonchev–Trinajstić information content (AvgIpc) is 2.43. The number of rotatable bonds is 4. The van der Waals surface area contributed by atoms with Gasteiger partial charge in [0, 0.05) is 49.0 Å². The molecule has 1 fully saturated rings. The number of amides is 1. The molecule has 1 saturated heterocycles. The lowest BCUT2D eigenvalue weighted by Gasteiger charge is -2.29. The minimum atomic E-state index is 0.131. The minimum absolute atomic E-state index is 0.131. The lowest BCUT2D eigenvalue weighted by Crippen LogP contribution is -2.49.